The molecular weight excluding hydrogens is 325 g/mol. The second kappa shape index (κ2) is 5.64. The Morgan fingerprint density at radius 1 is 0.905 bits per heavy atom. The van der Waals surface area contributed by atoms with Crippen molar-refractivity contribution >= 4 is 55.4 Å². The molecule has 0 unspecified atom stereocenters. The van der Waals surface area contributed by atoms with Crippen LogP contribution in [0.2, 0.25) is 0 Å². The molecule has 0 spiro atoms. The van der Waals surface area contributed by atoms with E-state index in [2.05, 4.69) is 0 Å². The minimum absolute atomic E-state index is 0.174. The van der Waals surface area contributed by atoms with E-state index in [4.69, 9.17) is 23.2 Å². The molecule has 0 aromatic heterocycles. The summed E-state index contributed by atoms with van der Waals surface area (Å²) in [6.07, 6.45) is 0. The molecule has 0 fully saturated rings. The van der Waals surface area contributed by atoms with Crippen LogP contribution < -0.4 is 10.1 Å². The van der Waals surface area contributed by atoms with Gasteiger partial charge in [0.25, 0.3) is 11.8 Å². The number of halogens is 2. The number of benzene rings is 2. The Morgan fingerprint density at radius 2 is 1.57 bits per heavy atom. The molecule has 21 heavy (non-hydrogen) atoms. The molecule has 1 aliphatic rings. The van der Waals surface area contributed by atoms with Gasteiger partial charge in [0.1, 0.15) is 9.52 Å². The molecule has 0 aliphatic carbocycles. The van der Waals surface area contributed by atoms with E-state index >= 15 is 0 Å². The largest absolute Gasteiger partial charge is 0.268 e. The molecule has 3 nitrogen and oxygen atoms in total. The Balaban J connectivity index is 2.01. The van der Waals surface area contributed by atoms with Crippen molar-refractivity contribution in [2.45, 2.75) is 4.46 Å². The van der Waals surface area contributed by atoms with E-state index in [-0.39, 0.29) is 21.3 Å². The molecular formula is C15H9Cl2NO2Si. The van der Waals surface area contributed by atoms with Crippen molar-refractivity contribution in [3.05, 3.63) is 59.7 Å². The Labute approximate surface area is 134 Å². The summed E-state index contributed by atoms with van der Waals surface area (Å²) < 4.78 is -0.513. The van der Waals surface area contributed by atoms with Crippen LogP contribution in [0, 0.1) is 0 Å². The van der Waals surface area contributed by atoms with E-state index in [0.717, 1.165) is 5.19 Å². The number of hydrogen-bond donors (Lipinski definition) is 0. The van der Waals surface area contributed by atoms with Gasteiger partial charge in [-0.15, -0.1) is 23.2 Å². The fourth-order valence-electron chi connectivity index (χ4n) is 2.27. The van der Waals surface area contributed by atoms with E-state index in [1.807, 2.05) is 6.07 Å². The van der Waals surface area contributed by atoms with Gasteiger partial charge in [-0.3, -0.25) is 9.59 Å². The van der Waals surface area contributed by atoms with Crippen LogP contribution in [0.15, 0.2) is 48.5 Å². The molecule has 1 aliphatic heterocycles. The maximum atomic E-state index is 12.5. The summed E-state index contributed by atoms with van der Waals surface area (Å²) in [5.41, 5.74) is 1.39. The molecule has 2 aromatic carbocycles. The van der Waals surface area contributed by atoms with Crippen molar-refractivity contribution in [1.29, 1.82) is 0 Å². The summed E-state index contributed by atoms with van der Waals surface area (Å²) in [6, 6.07) is 14.0. The highest BCUT2D eigenvalue weighted by Gasteiger charge is 2.36. The van der Waals surface area contributed by atoms with Crippen LogP contribution in [0.5, 0.6) is 0 Å². The predicted octanol–water partition coefficient (Wildman–Crippen LogP) is 2.58. The average molecular weight is 334 g/mol. The molecule has 2 aromatic rings. The second-order valence-corrected chi connectivity index (χ2v) is 7.76. The summed E-state index contributed by atoms with van der Waals surface area (Å²) in [7, 11) is 0.174. The van der Waals surface area contributed by atoms with Gasteiger partial charge in [-0.1, -0.05) is 29.5 Å². The minimum Gasteiger partial charge on any atom is -0.268 e. The van der Waals surface area contributed by atoms with E-state index in [1.165, 1.54) is 4.90 Å². The van der Waals surface area contributed by atoms with Gasteiger partial charge >= 0.3 is 0 Å². The number of fused-ring (bicyclic) bond motifs is 1. The summed E-state index contributed by atoms with van der Waals surface area (Å²) in [6.45, 7) is 0. The van der Waals surface area contributed by atoms with Crippen molar-refractivity contribution in [2.24, 2.45) is 0 Å². The monoisotopic (exact) mass is 333 g/mol. The van der Waals surface area contributed by atoms with E-state index in [1.54, 1.807) is 42.5 Å². The number of para-hydroxylation sites is 1. The molecule has 2 radical (unpaired) electrons. The highest BCUT2D eigenvalue weighted by Crippen LogP contribution is 2.27. The van der Waals surface area contributed by atoms with Crippen LogP contribution >= 0.6 is 23.2 Å². The molecule has 0 bridgehead atoms. The molecule has 0 atom stereocenters. The van der Waals surface area contributed by atoms with Crippen LogP contribution in [0.4, 0.5) is 5.69 Å². The number of hydrogen-bond acceptors (Lipinski definition) is 2. The first-order chi connectivity index (χ1) is 10.1. The van der Waals surface area contributed by atoms with Gasteiger partial charge in [0.05, 0.1) is 21.3 Å². The minimum atomic E-state index is -0.513. The lowest BCUT2D eigenvalue weighted by Gasteiger charge is -2.13. The van der Waals surface area contributed by atoms with E-state index in [0.29, 0.717) is 16.8 Å². The first kappa shape index (κ1) is 14.3. The van der Waals surface area contributed by atoms with Crippen LogP contribution in [0.25, 0.3) is 0 Å². The molecule has 1 heterocycles. The lowest BCUT2D eigenvalue weighted by molar-refractivity contribution is 0.0926. The maximum Gasteiger partial charge on any atom is 0.266 e. The summed E-state index contributed by atoms with van der Waals surface area (Å²) in [5.74, 6) is -0.613. The standard InChI is InChI=1S/C15H9Cl2NO2Si/c16-15(17)21-10-6-7-11-12(8-10)14(20)18(13(11)19)9-4-2-1-3-5-9/h1-8,15H. The van der Waals surface area contributed by atoms with Gasteiger partial charge in [0.2, 0.25) is 0 Å². The number of carbonyl (C=O) groups is 2. The van der Waals surface area contributed by atoms with E-state index < -0.39 is 4.46 Å². The molecule has 0 N–H and O–H groups in total. The number of amides is 2. The van der Waals surface area contributed by atoms with Gasteiger partial charge in [0.15, 0.2) is 0 Å². The number of rotatable bonds is 3. The predicted molar refractivity (Wildman–Crippen MR) is 84.9 cm³/mol. The highest BCUT2D eigenvalue weighted by atomic mass is 35.5. The summed E-state index contributed by atoms with van der Waals surface area (Å²) in [4.78, 5) is 26.1. The van der Waals surface area contributed by atoms with Gasteiger partial charge in [-0.2, -0.15) is 0 Å². The lowest BCUT2D eigenvalue weighted by Crippen LogP contribution is -2.29. The zero-order valence-electron chi connectivity index (χ0n) is 10.7. The van der Waals surface area contributed by atoms with Gasteiger partial charge in [-0.05, 0) is 24.3 Å². The quantitative estimate of drug-likeness (QED) is 0.492. The fraction of sp³-hybridized carbons (Fsp3) is 0.0667. The molecule has 2 amide bonds. The smallest absolute Gasteiger partial charge is 0.266 e. The average Bonchev–Trinajstić information content (AvgIpc) is 2.71. The van der Waals surface area contributed by atoms with Crippen molar-refractivity contribution in [3.63, 3.8) is 0 Å². The van der Waals surface area contributed by atoms with Crippen LogP contribution in [-0.4, -0.2) is 25.8 Å². The third-order valence-corrected chi connectivity index (χ3v) is 4.69. The zero-order chi connectivity index (χ0) is 15.0. The van der Waals surface area contributed by atoms with Crippen molar-refractivity contribution in [2.75, 3.05) is 4.90 Å². The first-order valence-corrected chi connectivity index (χ1v) is 8.15. The number of anilines is 1. The molecule has 3 rings (SSSR count). The SMILES string of the molecule is O=C1c2ccc([Si]C(Cl)Cl)cc2C(=O)N1c1ccccc1. The first-order valence-electron chi connectivity index (χ1n) is 6.20. The van der Waals surface area contributed by atoms with Crippen molar-refractivity contribution in [3.8, 4) is 0 Å². The molecule has 0 saturated carbocycles. The number of alkyl halides is 2. The molecule has 104 valence electrons. The van der Waals surface area contributed by atoms with Crippen LogP contribution in [0.1, 0.15) is 20.7 Å². The summed E-state index contributed by atoms with van der Waals surface area (Å²) >= 11 is 11.5. The lowest BCUT2D eigenvalue weighted by atomic mass is 10.1. The van der Waals surface area contributed by atoms with Crippen LogP contribution in [-0.2, 0) is 0 Å². The normalized spacial score (nSPS) is 14.0. The fourth-order valence-corrected chi connectivity index (χ4v) is 3.68. The van der Waals surface area contributed by atoms with Crippen LogP contribution in [0.3, 0.4) is 0 Å². The van der Waals surface area contributed by atoms with Gasteiger partial charge in [0, 0.05) is 0 Å². The molecule has 6 heteroatoms. The van der Waals surface area contributed by atoms with Gasteiger partial charge < -0.3 is 0 Å². The third kappa shape index (κ3) is 2.62. The summed E-state index contributed by atoms with van der Waals surface area (Å²) in [5, 5.41) is 0.861. The Morgan fingerprint density at radius 3 is 2.24 bits per heavy atom. The van der Waals surface area contributed by atoms with Crippen molar-refractivity contribution in [1.82, 2.24) is 0 Å². The third-order valence-electron chi connectivity index (χ3n) is 3.18. The maximum absolute atomic E-state index is 12.5. The second-order valence-electron chi connectivity index (χ2n) is 4.49. The zero-order valence-corrected chi connectivity index (χ0v) is 13.2. The number of carbonyl (C=O) groups excluding carboxylic acids is 2. The topological polar surface area (TPSA) is 37.4 Å². The van der Waals surface area contributed by atoms with E-state index in [9.17, 15) is 9.59 Å². The van der Waals surface area contributed by atoms with Gasteiger partial charge in [-0.25, -0.2) is 4.90 Å². The Hall–Kier alpha value is -1.62. The number of nitrogens with zero attached hydrogens (tertiary/aromatic N) is 1. The highest BCUT2D eigenvalue weighted by molar-refractivity contribution is 6.75. The Kier molecular flexibility index (Phi) is 3.84. The molecule has 0 saturated heterocycles. The Bertz CT molecular complexity index is 719. The van der Waals surface area contributed by atoms with Crippen molar-refractivity contribution < 1.29 is 9.59 Å². The number of imide groups is 1.